The summed E-state index contributed by atoms with van der Waals surface area (Å²) < 4.78 is 34.6. The van der Waals surface area contributed by atoms with Crippen LogP contribution >= 0.6 is 0 Å². The molecule has 0 radical (unpaired) electrons. The summed E-state index contributed by atoms with van der Waals surface area (Å²) in [6.45, 7) is 5.81. The summed E-state index contributed by atoms with van der Waals surface area (Å²) in [5.41, 5.74) is -1.23. The third-order valence-corrected chi connectivity index (χ3v) is 6.29. The second-order valence-corrected chi connectivity index (χ2v) is 8.51. The fraction of sp³-hybridized carbons (Fsp3) is 1.00. The average molecular weight is 320 g/mol. The van der Waals surface area contributed by atoms with Crippen LogP contribution in [0.2, 0.25) is 0 Å². The second-order valence-electron chi connectivity index (χ2n) is 7.42. The van der Waals surface area contributed by atoms with E-state index in [9.17, 15) is 13.5 Å². The van der Waals surface area contributed by atoms with E-state index in [2.05, 4.69) is 18.0 Å². The van der Waals surface area contributed by atoms with Gasteiger partial charge in [-0.2, -0.15) is 8.42 Å². The van der Waals surface area contributed by atoms with Crippen LogP contribution in [0.5, 0.6) is 0 Å². The zero-order valence-corrected chi connectivity index (χ0v) is 14.0. The lowest BCUT2D eigenvalue weighted by molar-refractivity contribution is -0.0499. The van der Waals surface area contributed by atoms with Crippen LogP contribution in [-0.4, -0.2) is 30.3 Å². The molecule has 5 nitrogen and oxygen atoms in total. The van der Waals surface area contributed by atoms with E-state index in [0.29, 0.717) is 17.8 Å². The monoisotopic (exact) mass is 320 g/mol. The Morgan fingerprint density at radius 1 is 1.10 bits per heavy atom. The molecule has 2 aliphatic carbocycles. The van der Waals surface area contributed by atoms with E-state index in [1.54, 1.807) is 6.92 Å². The Hall–Kier alpha value is -0.170. The van der Waals surface area contributed by atoms with Crippen molar-refractivity contribution < 1.29 is 22.3 Å². The first-order valence-electron chi connectivity index (χ1n) is 7.94. The molecule has 0 aliphatic heterocycles. The first-order chi connectivity index (χ1) is 9.60. The Labute approximate surface area is 128 Å². The molecule has 2 rings (SSSR count). The van der Waals surface area contributed by atoms with Gasteiger partial charge in [-0.1, -0.05) is 26.7 Å². The van der Waals surface area contributed by atoms with E-state index in [0.717, 1.165) is 25.2 Å². The molecule has 0 heterocycles. The number of hydrogen-bond acceptors (Lipinski definition) is 4. The van der Waals surface area contributed by atoms with Crippen LogP contribution in [-0.2, 0) is 14.6 Å². The molecule has 2 saturated carbocycles. The van der Waals surface area contributed by atoms with Crippen molar-refractivity contribution in [3.63, 3.8) is 0 Å². The first-order valence-corrected chi connectivity index (χ1v) is 9.31. The highest BCUT2D eigenvalue weighted by molar-refractivity contribution is 7.80. The minimum atomic E-state index is -4.50. The Morgan fingerprint density at radius 2 is 1.67 bits per heavy atom. The van der Waals surface area contributed by atoms with Gasteiger partial charge in [-0.3, -0.25) is 4.55 Å². The van der Waals surface area contributed by atoms with Crippen molar-refractivity contribution in [3.8, 4) is 0 Å². The lowest BCUT2D eigenvalue weighted by Crippen LogP contribution is -2.41. The Bertz CT molecular complexity index is 459. The zero-order valence-electron chi connectivity index (χ0n) is 13.2. The van der Waals surface area contributed by atoms with Gasteiger partial charge in [0, 0.05) is 0 Å². The predicted molar refractivity (Wildman–Crippen MR) is 80.0 cm³/mol. The Kier molecular flexibility index (Phi) is 5.03. The van der Waals surface area contributed by atoms with Crippen LogP contribution in [0.3, 0.4) is 0 Å². The molecular formula is C15H28O5S. The van der Waals surface area contributed by atoms with Crippen LogP contribution in [0.1, 0.15) is 52.9 Å². The van der Waals surface area contributed by atoms with E-state index in [1.165, 1.54) is 12.8 Å². The molecule has 6 unspecified atom stereocenters. The van der Waals surface area contributed by atoms with E-state index in [4.69, 9.17) is 4.55 Å². The lowest BCUT2D eigenvalue weighted by Gasteiger charge is -2.34. The summed E-state index contributed by atoms with van der Waals surface area (Å²) in [7, 11) is -4.50. The Balaban J connectivity index is 2.08. The van der Waals surface area contributed by atoms with Crippen molar-refractivity contribution in [2.45, 2.75) is 58.5 Å². The smallest absolute Gasteiger partial charge is 0.387 e. The van der Waals surface area contributed by atoms with Crippen LogP contribution in [0, 0.1) is 29.6 Å². The molecule has 0 aromatic carbocycles. The summed E-state index contributed by atoms with van der Waals surface area (Å²) in [4.78, 5) is 0. The number of fused-ring (bicyclic) bond motifs is 1. The van der Waals surface area contributed by atoms with Gasteiger partial charge in [0.1, 0.15) is 0 Å². The third-order valence-electron chi connectivity index (χ3n) is 5.87. The molecule has 0 saturated heterocycles. The summed E-state index contributed by atoms with van der Waals surface area (Å²) in [5.74, 6) is 2.66. The van der Waals surface area contributed by atoms with E-state index >= 15 is 0 Å². The average Bonchev–Trinajstić information content (AvgIpc) is 2.62. The van der Waals surface area contributed by atoms with Crippen molar-refractivity contribution in [2.24, 2.45) is 29.6 Å². The van der Waals surface area contributed by atoms with Crippen molar-refractivity contribution in [1.29, 1.82) is 0 Å². The third kappa shape index (κ3) is 4.18. The van der Waals surface area contributed by atoms with Gasteiger partial charge in [-0.15, -0.1) is 0 Å². The molecule has 0 spiro atoms. The maximum atomic E-state index is 10.7. The van der Waals surface area contributed by atoms with Crippen LogP contribution in [0.25, 0.3) is 0 Å². The van der Waals surface area contributed by atoms with Crippen LogP contribution < -0.4 is 0 Å². The minimum Gasteiger partial charge on any atom is -0.387 e. The summed E-state index contributed by atoms with van der Waals surface area (Å²) in [6.07, 6.45) is 5.36. The number of rotatable bonds is 4. The van der Waals surface area contributed by atoms with E-state index in [-0.39, 0.29) is 12.5 Å². The molecule has 21 heavy (non-hydrogen) atoms. The van der Waals surface area contributed by atoms with Crippen LogP contribution in [0.4, 0.5) is 0 Å². The fourth-order valence-electron chi connectivity index (χ4n) is 4.42. The van der Waals surface area contributed by atoms with Crippen LogP contribution in [0.15, 0.2) is 0 Å². The van der Waals surface area contributed by atoms with Crippen molar-refractivity contribution >= 4 is 10.4 Å². The molecule has 0 aromatic heterocycles. The van der Waals surface area contributed by atoms with Crippen molar-refractivity contribution in [2.75, 3.05) is 6.61 Å². The molecule has 0 amide bonds. The van der Waals surface area contributed by atoms with Gasteiger partial charge in [-0.05, 0) is 55.8 Å². The normalized spacial score (nSPS) is 40.3. The highest BCUT2D eigenvalue weighted by atomic mass is 32.3. The lowest BCUT2D eigenvalue weighted by atomic mass is 9.77. The van der Waals surface area contributed by atoms with E-state index in [1.807, 2.05) is 0 Å². The van der Waals surface area contributed by atoms with Gasteiger partial charge < -0.3 is 5.11 Å². The molecule has 6 atom stereocenters. The van der Waals surface area contributed by atoms with Gasteiger partial charge in [0.25, 0.3) is 0 Å². The fourth-order valence-corrected chi connectivity index (χ4v) is 4.81. The predicted octanol–water partition coefficient (Wildman–Crippen LogP) is 2.66. The van der Waals surface area contributed by atoms with Gasteiger partial charge in [-0.25, -0.2) is 4.18 Å². The van der Waals surface area contributed by atoms with Gasteiger partial charge in [0.05, 0.1) is 12.2 Å². The molecular weight excluding hydrogens is 292 g/mol. The zero-order chi connectivity index (χ0) is 15.8. The van der Waals surface area contributed by atoms with Crippen molar-refractivity contribution in [1.82, 2.24) is 0 Å². The number of hydrogen-bond donors (Lipinski definition) is 2. The molecule has 0 bridgehead atoms. The molecule has 124 valence electrons. The summed E-state index contributed by atoms with van der Waals surface area (Å²) in [5, 5.41) is 10.6. The summed E-state index contributed by atoms with van der Waals surface area (Å²) >= 11 is 0. The molecule has 2 N–H and O–H groups in total. The largest absolute Gasteiger partial charge is 0.397 e. The highest BCUT2D eigenvalue weighted by Gasteiger charge is 2.44. The molecule has 2 aliphatic rings. The maximum absolute atomic E-state index is 10.7. The second kappa shape index (κ2) is 6.14. The van der Waals surface area contributed by atoms with Gasteiger partial charge in [0.2, 0.25) is 0 Å². The highest BCUT2D eigenvalue weighted by Crippen LogP contribution is 2.50. The maximum Gasteiger partial charge on any atom is 0.397 e. The van der Waals surface area contributed by atoms with Gasteiger partial charge in [0.15, 0.2) is 0 Å². The Morgan fingerprint density at radius 3 is 2.29 bits per heavy atom. The quantitative estimate of drug-likeness (QED) is 0.778. The van der Waals surface area contributed by atoms with Crippen molar-refractivity contribution in [3.05, 3.63) is 0 Å². The standard InChI is InChI=1S/C15H28O5S/c1-10-4-6-12(8-14-11(2)5-7-13(10)14)15(3,16)9-20-21(17,18)19/h10-14,16H,4-9H2,1-3H3,(H,17,18,19). The molecule has 2 fully saturated rings. The summed E-state index contributed by atoms with van der Waals surface area (Å²) in [6, 6.07) is 0. The van der Waals surface area contributed by atoms with E-state index < -0.39 is 16.0 Å². The SMILES string of the molecule is CC1CCC(C(C)(O)COS(=O)(=O)O)CC2C(C)CCC12. The molecule has 0 aromatic rings. The number of aliphatic hydroxyl groups is 1. The van der Waals surface area contributed by atoms with Gasteiger partial charge >= 0.3 is 10.4 Å². The minimum absolute atomic E-state index is 0.0113. The topological polar surface area (TPSA) is 83.8 Å². The first kappa shape index (κ1) is 17.2. The molecule has 6 heteroatoms.